The van der Waals surface area contributed by atoms with Crippen LogP contribution in [-0.4, -0.2) is 13.3 Å². The van der Waals surface area contributed by atoms with Gasteiger partial charge in [-0.1, -0.05) is 64.0 Å². The monoisotopic (exact) mass is 223 g/mol. The van der Waals surface area contributed by atoms with Gasteiger partial charge in [0.2, 0.25) is 0 Å². The van der Waals surface area contributed by atoms with Crippen molar-refractivity contribution in [1.29, 1.82) is 0 Å². The van der Waals surface area contributed by atoms with E-state index < -0.39 is 0 Å². The Morgan fingerprint density at radius 3 is 2.19 bits per heavy atom. The van der Waals surface area contributed by atoms with Gasteiger partial charge in [0, 0.05) is 19.2 Å². The maximum absolute atomic E-state index is 4.11. The maximum Gasteiger partial charge on any atom is 0.0273 e. The molecule has 1 unspecified atom stereocenters. The summed E-state index contributed by atoms with van der Waals surface area (Å²) >= 11 is 0. The lowest BCUT2D eigenvalue weighted by atomic mass is 9.95. The van der Waals surface area contributed by atoms with Gasteiger partial charge in [0.1, 0.15) is 0 Å². The van der Waals surface area contributed by atoms with Crippen LogP contribution in [0.25, 0.3) is 0 Å². The first kappa shape index (κ1) is 15.4. The van der Waals surface area contributed by atoms with Crippen LogP contribution in [0.2, 0.25) is 0 Å². The minimum absolute atomic E-state index is 0.501. The average molecular weight is 223 g/mol. The molecule has 0 fully saturated rings. The van der Waals surface area contributed by atoms with Crippen molar-refractivity contribution in [2.75, 3.05) is 7.05 Å². The molecule has 0 aromatic rings. The number of hydrogen-bond donors (Lipinski definition) is 0. The van der Waals surface area contributed by atoms with E-state index in [0.717, 1.165) is 0 Å². The number of rotatable bonds is 10. The molecule has 0 heterocycles. The summed E-state index contributed by atoms with van der Waals surface area (Å²) in [6.07, 6.45) is 12.9. The van der Waals surface area contributed by atoms with Crippen LogP contribution in [0, 0.1) is 5.92 Å². The molecule has 0 aromatic carbocycles. The van der Waals surface area contributed by atoms with Gasteiger partial charge >= 0.3 is 0 Å². The molecule has 16 heavy (non-hydrogen) atoms. The van der Waals surface area contributed by atoms with E-state index in [4.69, 9.17) is 0 Å². The highest BCUT2D eigenvalue weighted by atomic mass is 14.6. The number of unbranched alkanes of at least 4 members (excludes halogenated alkanes) is 6. The summed E-state index contributed by atoms with van der Waals surface area (Å²) < 4.78 is 0. The van der Waals surface area contributed by atoms with Crippen LogP contribution in [0.3, 0.4) is 0 Å². The van der Waals surface area contributed by atoms with Crippen molar-refractivity contribution >= 4 is 6.21 Å². The van der Waals surface area contributed by atoms with Crippen molar-refractivity contribution in [2.45, 2.75) is 65.2 Å². The molecular weight excluding hydrogens is 194 g/mol. The van der Waals surface area contributed by atoms with E-state index in [-0.39, 0.29) is 0 Å². The minimum Gasteiger partial charge on any atom is -0.300 e. The molecule has 0 saturated carbocycles. The Balaban J connectivity index is 3.44. The number of aliphatic imine (C=N–C) groups is 1. The molecule has 0 radical (unpaired) electrons. The highest BCUT2D eigenvalue weighted by Crippen LogP contribution is 2.16. The zero-order chi connectivity index (χ0) is 12.2. The molecule has 1 atom stereocenters. The van der Waals surface area contributed by atoms with E-state index in [2.05, 4.69) is 25.4 Å². The summed E-state index contributed by atoms with van der Waals surface area (Å²) in [5.74, 6) is 0.501. The van der Waals surface area contributed by atoms with E-state index in [1.807, 2.05) is 13.3 Å². The van der Waals surface area contributed by atoms with Gasteiger partial charge in [-0.15, -0.1) is 0 Å². The van der Waals surface area contributed by atoms with Crippen molar-refractivity contribution in [3.05, 3.63) is 12.2 Å². The summed E-state index contributed by atoms with van der Waals surface area (Å²) in [6.45, 7) is 8.39. The van der Waals surface area contributed by atoms with Crippen LogP contribution in [0.4, 0.5) is 0 Å². The quantitative estimate of drug-likeness (QED) is 0.280. The first-order chi connectivity index (χ1) is 7.72. The first-order valence-electron chi connectivity index (χ1n) is 6.80. The molecule has 0 rings (SSSR count). The molecule has 0 spiro atoms. The lowest BCUT2D eigenvalue weighted by Gasteiger charge is -2.11. The van der Waals surface area contributed by atoms with Gasteiger partial charge in [-0.3, -0.25) is 0 Å². The maximum atomic E-state index is 4.11. The molecule has 0 bridgehead atoms. The van der Waals surface area contributed by atoms with Crippen LogP contribution < -0.4 is 0 Å². The lowest BCUT2D eigenvalue weighted by molar-refractivity contribution is 0.558. The van der Waals surface area contributed by atoms with Crippen molar-refractivity contribution in [1.82, 2.24) is 0 Å². The lowest BCUT2D eigenvalue weighted by Crippen LogP contribution is -2.02. The Labute approximate surface area is 102 Å². The molecule has 0 aliphatic heterocycles. The normalized spacial score (nSPS) is 13.2. The molecule has 0 aliphatic rings. The van der Waals surface area contributed by atoms with E-state index in [1.54, 1.807) is 0 Å². The third-order valence-electron chi connectivity index (χ3n) is 3.08. The SMILES string of the molecule is C=C(C)C(C=NC)CCCCCCCCC. The summed E-state index contributed by atoms with van der Waals surface area (Å²) in [7, 11) is 1.85. The third-order valence-corrected chi connectivity index (χ3v) is 3.08. The van der Waals surface area contributed by atoms with Gasteiger partial charge in [0.25, 0.3) is 0 Å². The van der Waals surface area contributed by atoms with Crippen molar-refractivity contribution in [3.8, 4) is 0 Å². The first-order valence-corrected chi connectivity index (χ1v) is 6.80. The molecule has 0 aliphatic carbocycles. The zero-order valence-electron chi connectivity index (χ0n) is 11.5. The summed E-state index contributed by atoms with van der Waals surface area (Å²) in [4.78, 5) is 4.11. The van der Waals surface area contributed by atoms with Crippen molar-refractivity contribution in [2.24, 2.45) is 10.9 Å². The molecule has 0 aromatic heterocycles. The second-order valence-electron chi connectivity index (χ2n) is 4.77. The van der Waals surface area contributed by atoms with Gasteiger partial charge in [0.15, 0.2) is 0 Å². The fraction of sp³-hybridized carbons (Fsp3) is 0.800. The van der Waals surface area contributed by atoms with Gasteiger partial charge in [0.05, 0.1) is 0 Å². The Kier molecular flexibility index (Phi) is 10.5. The van der Waals surface area contributed by atoms with E-state index in [1.165, 1.54) is 56.9 Å². The number of hydrogen-bond acceptors (Lipinski definition) is 1. The molecule has 1 nitrogen and oxygen atoms in total. The van der Waals surface area contributed by atoms with Crippen LogP contribution in [0.5, 0.6) is 0 Å². The van der Waals surface area contributed by atoms with Crippen LogP contribution in [-0.2, 0) is 0 Å². The summed E-state index contributed by atoms with van der Waals surface area (Å²) in [5, 5.41) is 0. The second kappa shape index (κ2) is 10.9. The third kappa shape index (κ3) is 8.70. The topological polar surface area (TPSA) is 12.4 Å². The molecule has 0 N–H and O–H groups in total. The highest BCUT2D eigenvalue weighted by molar-refractivity contribution is 5.64. The molecule has 1 heteroatoms. The van der Waals surface area contributed by atoms with Crippen LogP contribution in [0.1, 0.15) is 65.2 Å². The van der Waals surface area contributed by atoms with Gasteiger partial charge < -0.3 is 4.99 Å². The average Bonchev–Trinajstić information content (AvgIpc) is 2.26. The number of nitrogens with zero attached hydrogens (tertiary/aromatic N) is 1. The zero-order valence-corrected chi connectivity index (χ0v) is 11.5. The van der Waals surface area contributed by atoms with Crippen LogP contribution >= 0.6 is 0 Å². The Hall–Kier alpha value is -0.590. The standard InChI is InChI=1S/C15H29N/c1-5-6-7-8-9-10-11-12-15(13-16-4)14(2)3/h13,15H,2,5-12H2,1,3-4H3. The summed E-state index contributed by atoms with van der Waals surface area (Å²) in [5.41, 5.74) is 1.25. The highest BCUT2D eigenvalue weighted by Gasteiger charge is 2.05. The van der Waals surface area contributed by atoms with E-state index in [0.29, 0.717) is 5.92 Å². The van der Waals surface area contributed by atoms with Gasteiger partial charge in [-0.25, -0.2) is 0 Å². The largest absolute Gasteiger partial charge is 0.300 e. The predicted molar refractivity (Wildman–Crippen MR) is 75.3 cm³/mol. The van der Waals surface area contributed by atoms with E-state index >= 15 is 0 Å². The number of allylic oxidation sites excluding steroid dienone is 1. The van der Waals surface area contributed by atoms with Gasteiger partial charge in [-0.2, -0.15) is 0 Å². The second-order valence-corrected chi connectivity index (χ2v) is 4.77. The summed E-state index contributed by atoms with van der Waals surface area (Å²) in [6, 6.07) is 0. The Morgan fingerprint density at radius 1 is 1.12 bits per heavy atom. The van der Waals surface area contributed by atoms with E-state index in [9.17, 15) is 0 Å². The fourth-order valence-corrected chi connectivity index (χ4v) is 1.95. The predicted octanol–water partition coefficient (Wildman–Crippen LogP) is 5.02. The minimum atomic E-state index is 0.501. The van der Waals surface area contributed by atoms with Crippen molar-refractivity contribution < 1.29 is 0 Å². The molecule has 0 amide bonds. The smallest absolute Gasteiger partial charge is 0.0273 e. The molecular formula is C15H29N. The Morgan fingerprint density at radius 2 is 1.69 bits per heavy atom. The fourth-order valence-electron chi connectivity index (χ4n) is 1.95. The Bertz CT molecular complexity index is 194. The van der Waals surface area contributed by atoms with Crippen LogP contribution in [0.15, 0.2) is 17.1 Å². The van der Waals surface area contributed by atoms with Gasteiger partial charge in [-0.05, 0) is 13.3 Å². The molecule has 0 saturated heterocycles. The molecule has 94 valence electrons. The van der Waals surface area contributed by atoms with Crippen molar-refractivity contribution in [3.63, 3.8) is 0 Å².